The van der Waals surface area contributed by atoms with E-state index in [2.05, 4.69) is 0 Å². The van der Waals surface area contributed by atoms with E-state index in [0.717, 1.165) is 4.88 Å². The molecule has 0 amide bonds. The third-order valence-electron chi connectivity index (χ3n) is 1.89. The van der Waals surface area contributed by atoms with Crippen LogP contribution < -0.4 is 0 Å². The second kappa shape index (κ2) is 5.95. The van der Waals surface area contributed by atoms with Crippen molar-refractivity contribution in [1.29, 1.82) is 10.5 Å². The second-order valence-corrected chi connectivity index (χ2v) is 4.76. The molecule has 0 aliphatic rings. The third kappa shape index (κ3) is 3.84. The summed E-state index contributed by atoms with van der Waals surface area (Å²) < 4.78 is 0. The summed E-state index contributed by atoms with van der Waals surface area (Å²) in [6, 6.07) is 7.02. The van der Waals surface area contributed by atoms with Gasteiger partial charge in [0.15, 0.2) is 5.78 Å². The highest BCUT2D eigenvalue weighted by atomic mass is 32.1. The number of thiophene rings is 1. The molecule has 0 radical (unpaired) electrons. The summed E-state index contributed by atoms with van der Waals surface area (Å²) in [5.74, 6) is 0.0371. The summed E-state index contributed by atoms with van der Waals surface area (Å²) in [6.07, 6.45) is 1.48. The molecule has 0 aliphatic carbocycles. The first-order valence-electron chi connectivity index (χ1n) is 4.86. The van der Waals surface area contributed by atoms with Gasteiger partial charge in [0.25, 0.3) is 0 Å². The van der Waals surface area contributed by atoms with Crippen LogP contribution in [0.5, 0.6) is 0 Å². The zero-order chi connectivity index (χ0) is 12.8. The molecule has 0 fully saturated rings. The van der Waals surface area contributed by atoms with Crippen LogP contribution in [0.2, 0.25) is 0 Å². The van der Waals surface area contributed by atoms with E-state index >= 15 is 0 Å². The van der Waals surface area contributed by atoms with Gasteiger partial charge in [0.05, 0.1) is 11.4 Å². The zero-order valence-electron chi connectivity index (χ0n) is 9.60. The minimum absolute atomic E-state index is 0.0371. The molecule has 86 valence electrons. The van der Waals surface area contributed by atoms with Crippen LogP contribution in [0, 0.1) is 22.7 Å². The normalized spacial score (nSPS) is 9.47. The highest BCUT2D eigenvalue weighted by molar-refractivity contribution is 7.14. The Balaban J connectivity index is 2.87. The fourth-order valence-corrected chi connectivity index (χ4v) is 2.06. The molecule has 0 unspecified atom stereocenters. The van der Waals surface area contributed by atoms with Gasteiger partial charge in [0, 0.05) is 4.88 Å². The Kier molecular flexibility index (Phi) is 4.59. The lowest BCUT2D eigenvalue weighted by Gasteiger charge is -2.05. The molecule has 1 aromatic heterocycles. The lowest BCUT2D eigenvalue weighted by molar-refractivity contribution is 0.0962. The fourth-order valence-electron chi connectivity index (χ4n) is 1.18. The van der Waals surface area contributed by atoms with Crippen LogP contribution in [0.25, 0.3) is 6.08 Å². The molecular weight excluding hydrogens is 234 g/mol. The minimum atomic E-state index is 0.0371. The van der Waals surface area contributed by atoms with E-state index in [9.17, 15) is 4.79 Å². The Morgan fingerprint density at radius 3 is 2.59 bits per heavy atom. The smallest absolute Gasteiger partial charge is 0.186 e. The van der Waals surface area contributed by atoms with Crippen LogP contribution in [-0.4, -0.2) is 31.3 Å². The molecule has 0 spiro atoms. The van der Waals surface area contributed by atoms with E-state index < -0.39 is 0 Å². The van der Waals surface area contributed by atoms with E-state index in [4.69, 9.17) is 10.5 Å². The maximum Gasteiger partial charge on any atom is 0.186 e. The van der Waals surface area contributed by atoms with E-state index in [1.165, 1.54) is 17.4 Å². The third-order valence-corrected chi connectivity index (χ3v) is 2.96. The van der Waals surface area contributed by atoms with E-state index in [-0.39, 0.29) is 11.4 Å². The van der Waals surface area contributed by atoms with Crippen molar-refractivity contribution in [1.82, 2.24) is 4.90 Å². The van der Waals surface area contributed by atoms with Crippen molar-refractivity contribution in [3.05, 3.63) is 27.5 Å². The van der Waals surface area contributed by atoms with E-state index in [1.54, 1.807) is 29.2 Å². The zero-order valence-corrected chi connectivity index (χ0v) is 10.4. The standard InChI is InChI=1S/C12H11N3OS/c1-15(2)8-11(16)12-4-3-10(17-12)5-9(6-13)7-14/h3-5H,8H2,1-2H3. The maximum atomic E-state index is 11.7. The number of likely N-dealkylation sites (N-methyl/N-ethyl adjacent to an activating group) is 1. The molecule has 17 heavy (non-hydrogen) atoms. The van der Waals surface area contributed by atoms with Crippen molar-refractivity contribution < 1.29 is 4.79 Å². The van der Waals surface area contributed by atoms with E-state index in [1.807, 2.05) is 14.1 Å². The van der Waals surface area contributed by atoms with Crippen LogP contribution >= 0.6 is 11.3 Å². The number of carbonyl (C=O) groups is 1. The molecule has 1 heterocycles. The number of Topliss-reactive ketones (excluding diaryl/α,β-unsaturated/α-hetero) is 1. The van der Waals surface area contributed by atoms with E-state index in [0.29, 0.717) is 11.4 Å². The van der Waals surface area contributed by atoms with Crippen LogP contribution in [0.15, 0.2) is 17.7 Å². The Morgan fingerprint density at radius 1 is 1.41 bits per heavy atom. The topological polar surface area (TPSA) is 67.9 Å². The van der Waals surface area contributed by atoms with Gasteiger partial charge in [-0.25, -0.2) is 0 Å². The molecule has 1 rings (SSSR count). The fraction of sp³-hybridized carbons (Fsp3) is 0.250. The first kappa shape index (κ1) is 13.1. The molecular formula is C12H11N3OS. The monoisotopic (exact) mass is 245 g/mol. The number of hydrogen-bond donors (Lipinski definition) is 0. The van der Waals surface area contributed by atoms with Crippen LogP contribution in [-0.2, 0) is 0 Å². The maximum absolute atomic E-state index is 11.7. The Hall–Kier alpha value is -1.95. The predicted molar refractivity (Wildman–Crippen MR) is 66.4 cm³/mol. The minimum Gasteiger partial charge on any atom is -0.302 e. The molecule has 0 bridgehead atoms. The first-order valence-corrected chi connectivity index (χ1v) is 5.68. The lowest BCUT2D eigenvalue weighted by Crippen LogP contribution is -2.20. The van der Waals surface area contributed by atoms with Crippen molar-refractivity contribution in [3.63, 3.8) is 0 Å². The average molecular weight is 245 g/mol. The summed E-state index contributed by atoms with van der Waals surface area (Å²) >= 11 is 1.29. The first-order chi connectivity index (χ1) is 8.06. The molecule has 4 nitrogen and oxygen atoms in total. The average Bonchev–Trinajstić information content (AvgIpc) is 2.73. The number of rotatable bonds is 4. The number of nitrogens with zero attached hydrogens (tertiary/aromatic N) is 3. The van der Waals surface area contributed by atoms with Crippen molar-refractivity contribution >= 4 is 23.2 Å². The highest BCUT2D eigenvalue weighted by Crippen LogP contribution is 2.19. The van der Waals surface area contributed by atoms with Gasteiger partial charge in [0.2, 0.25) is 0 Å². The van der Waals surface area contributed by atoms with Gasteiger partial charge in [0.1, 0.15) is 17.7 Å². The van der Waals surface area contributed by atoms with Gasteiger partial charge in [-0.15, -0.1) is 11.3 Å². The van der Waals surface area contributed by atoms with Crippen molar-refractivity contribution in [2.24, 2.45) is 0 Å². The van der Waals surface area contributed by atoms with Gasteiger partial charge < -0.3 is 4.90 Å². The SMILES string of the molecule is CN(C)CC(=O)c1ccc(C=C(C#N)C#N)s1. The Labute approximate surface area is 104 Å². The van der Waals surface area contributed by atoms with Crippen molar-refractivity contribution in [2.75, 3.05) is 20.6 Å². The Bertz CT molecular complexity index is 513. The van der Waals surface area contributed by atoms with Crippen molar-refractivity contribution in [2.45, 2.75) is 0 Å². The summed E-state index contributed by atoms with van der Waals surface area (Å²) in [5.41, 5.74) is 0.0402. The molecule has 0 N–H and O–H groups in total. The number of allylic oxidation sites excluding steroid dienone is 1. The quantitative estimate of drug-likeness (QED) is 0.600. The molecule has 0 aromatic carbocycles. The summed E-state index contributed by atoms with van der Waals surface area (Å²) in [5, 5.41) is 17.2. The summed E-state index contributed by atoms with van der Waals surface area (Å²) in [4.78, 5) is 14.9. The van der Waals surface area contributed by atoms with Gasteiger partial charge in [-0.3, -0.25) is 4.79 Å². The molecule has 1 aromatic rings. The summed E-state index contributed by atoms with van der Waals surface area (Å²) in [7, 11) is 3.66. The Morgan fingerprint density at radius 2 is 2.06 bits per heavy atom. The largest absolute Gasteiger partial charge is 0.302 e. The molecule has 0 saturated heterocycles. The van der Waals surface area contributed by atoms with Crippen LogP contribution in [0.1, 0.15) is 14.5 Å². The molecule has 0 atom stereocenters. The van der Waals surface area contributed by atoms with Crippen LogP contribution in [0.3, 0.4) is 0 Å². The number of carbonyl (C=O) groups excluding carboxylic acids is 1. The summed E-state index contributed by atoms with van der Waals surface area (Å²) in [6.45, 7) is 0.354. The molecule has 0 aliphatic heterocycles. The van der Waals surface area contributed by atoms with Gasteiger partial charge in [-0.2, -0.15) is 10.5 Å². The molecule has 0 saturated carbocycles. The number of hydrogen-bond acceptors (Lipinski definition) is 5. The highest BCUT2D eigenvalue weighted by Gasteiger charge is 2.09. The lowest BCUT2D eigenvalue weighted by atomic mass is 10.2. The number of ketones is 1. The second-order valence-electron chi connectivity index (χ2n) is 3.64. The number of nitriles is 2. The van der Waals surface area contributed by atoms with Crippen molar-refractivity contribution in [3.8, 4) is 12.1 Å². The van der Waals surface area contributed by atoms with Gasteiger partial charge in [-0.1, -0.05) is 0 Å². The van der Waals surface area contributed by atoms with Gasteiger partial charge in [-0.05, 0) is 32.3 Å². The van der Waals surface area contributed by atoms with Crippen LogP contribution in [0.4, 0.5) is 0 Å². The predicted octanol–water partition coefficient (Wildman–Crippen LogP) is 1.92. The van der Waals surface area contributed by atoms with Gasteiger partial charge >= 0.3 is 0 Å². The molecule has 5 heteroatoms.